The third kappa shape index (κ3) is 7.71. The van der Waals surface area contributed by atoms with Crippen LogP contribution in [0, 0.1) is 6.57 Å². The van der Waals surface area contributed by atoms with Gasteiger partial charge in [-0.05, 0) is 48.0 Å². The van der Waals surface area contributed by atoms with Gasteiger partial charge < -0.3 is 25.4 Å². The van der Waals surface area contributed by atoms with Gasteiger partial charge >= 0.3 is 0 Å². The van der Waals surface area contributed by atoms with E-state index in [-0.39, 0.29) is 26.4 Å². The maximum atomic E-state index is 12.7. The second-order valence-corrected chi connectivity index (χ2v) is 8.78. The third-order valence-electron chi connectivity index (χ3n) is 4.87. The number of amides is 1. The van der Waals surface area contributed by atoms with Crippen LogP contribution >= 0.6 is 11.6 Å². The molecule has 3 N–H and O–H groups in total. The Hall–Kier alpha value is -3.59. The fourth-order valence-corrected chi connectivity index (χ4v) is 3.27. The summed E-state index contributed by atoms with van der Waals surface area (Å²) in [4.78, 5) is 20.3. The average Bonchev–Trinajstić information content (AvgIpc) is 3.31. The predicted octanol–water partition coefficient (Wildman–Crippen LogP) is 2.37. The molecule has 35 heavy (non-hydrogen) atoms. The molecule has 0 saturated carbocycles. The zero-order chi connectivity index (χ0) is 25.3. The van der Waals surface area contributed by atoms with Crippen molar-refractivity contribution in [2.24, 2.45) is 5.73 Å². The number of benzene rings is 1. The molecule has 0 saturated heterocycles. The van der Waals surface area contributed by atoms with Gasteiger partial charge in [0.05, 0.1) is 18.8 Å². The first-order valence-corrected chi connectivity index (χ1v) is 11.2. The van der Waals surface area contributed by atoms with E-state index in [2.05, 4.69) is 30.7 Å². The van der Waals surface area contributed by atoms with Crippen LogP contribution in [0.5, 0.6) is 5.88 Å². The molecule has 0 aliphatic rings. The molecule has 0 bridgehead atoms. The molecule has 2 heterocycles. The Bertz CT molecular complexity index is 1140. The Morgan fingerprint density at radius 3 is 2.80 bits per heavy atom. The van der Waals surface area contributed by atoms with Crippen molar-refractivity contribution in [3.05, 3.63) is 76.5 Å². The number of carbonyl (C=O) groups excluding carboxylic acids is 1. The highest BCUT2D eigenvalue weighted by Crippen LogP contribution is 2.19. The van der Waals surface area contributed by atoms with E-state index < -0.39 is 23.5 Å². The van der Waals surface area contributed by atoms with Crippen molar-refractivity contribution in [1.82, 2.24) is 30.5 Å². The van der Waals surface area contributed by atoms with Crippen LogP contribution < -0.4 is 15.8 Å². The standard InChI is InChI=1S/C23H27ClN8O3/c1-23(2,25)22(33)28-19(15-34-13-16-7-6-8-17(24)11-16)21-29-30-31-32(21)18(12-26-3)14-35-20-9-4-5-10-27-20/h4-11,18-19H,12-15,25H2,1-2H3,(H,28,33)/t18-,19-/m1/s1. The van der Waals surface area contributed by atoms with E-state index in [4.69, 9.17) is 33.4 Å². The molecule has 11 nitrogen and oxygen atoms in total. The summed E-state index contributed by atoms with van der Waals surface area (Å²) in [7, 11) is 0. The number of tetrazole rings is 1. The Kier molecular flexibility index (Phi) is 9.08. The largest absolute Gasteiger partial charge is 0.475 e. The summed E-state index contributed by atoms with van der Waals surface area (Å²) in [6.45, 7) is 11.0. The van der Waals surface area contributed by atoms with Crippen LogP contribution in [0.2, 0.25) is 5.02 Å². The van der Waals surface area contributed by atoms with Crippen LogP contribution in [-0.4, -0.2) is 56.4 Å². The second-order valence-electron chi connectivity index (χ2n) is 8.35. The van der Waals surface area contributed by atoms with Crippen LogP contribution in [0.25, 0.3) is 4.85 Å². The van der Waals surface area contributed by atoms with Gasteiger partial charge in [0.1, 0.15) is 12.6 Å². The summed E-state index contributed by atoms with van der Waals surface area (Å²) >= 11 is 6.05. The van der Waals surface area contributed by atoms with Crippen LogP contribution in [0.4, 0.5) is 0 Å². The molecule has 2 aromatic heterocycles. The van der Waals surface area contributed by atoms with Crippen molar-refractivity contribution in [1.29, 1.82) is 0 Å². The number of nitrogens with one attached hydrogen (secondary N) is 1. The van der Waals surface area contributed by atoms with Gasteiger partial charge in [-0.2, -0.15) is 0 Å². The summed E-state index contributed by atoms with van der Waals surface area (Å²) in [6.07, 6.45) is 1.61. The van der Waals surface area contributed by atoms with Gasteiger partial charge in [0, 0.05) is 17.3 Å². The Morgan fingerprint density at radius 1 is 1.29 bits per heavy atom. The number of carbonyl (C=O) groups is 1. The number of nitrogens with two attached hydrogens (primary N) is 1. The van der Waals surface area contributed by atoms with Gasteiger partial charge in [0.2, 0.25) is 18.3 Å². The SMILES string of the molecule is [C-]#[N+]C[C@H](COc1ccccn1)n1nnnc1[C@@H](COCc1cccc(Cl)c1)NC(=O)C(C)(C)N. The monoisotopic (exact) mass is 498 g/mol. The molecule has 0 spiro atoms. The van der Waals surface area contributed by atoms with Crippen LogP contribution in [0.3, 0.4) is 0 Å². The number of halogens is 1. The van der Waals surface area contributed by atoms with E-state index in [1.54, 1.807) is 50.4 Å². The number of hydrogen-bond donors (Lipinski definition) is 2. The Balaban J connectivity index is 1.80. The maximum absolute atomic E-state index is 12.7. The molecule has 12 heteroatoms. The zero-order valence-corrected chi connectivity index (χ0v) is 20.2. The minimum atomic E-state index is -1.14. The van der Waals surface area contributed by atoms with Gasteiger partial charge in [-0.1, -0.05) is 29.8 Å². The highest BCUT2D eigenvalue weighted by Gasteiger charge is 2.31. The highest BCUT2D eigenvalue weighted by molar-refractivity contribution is 6.30. The van der Waals surface area contributed by atoms with Crippen molar-refractivity contribution in [3.63, 3.8) is 0 Å². The molecular weight excluding hydrogens is 472 g/mol. The van der Waals surface area contributed by atoms with E-state index in [0.29, 0.717) is 16.7 Å². The molecule has 0 aliphatic heterocycles. The summed E-state index contributed by atoms with van der Waals surface area (Å²) in [5.74, 6) is 0.318. The molecule has 0 fully saturated rings. The first kappa shape index (κ1) is 26.0. The fraction of sp³-hybridized carbons (Fsp3) is 0.391. The normalized spacial score (nSPS) is 13.0. The number of pyridine rings is 1. The molecule has 2 atom stereocenters. The van der Waals surface area contributed by atoms with Crippen LogP contribution in [-0.2, 0) is 16.1 Å². The quantitative estimate of drug-likeness (QED) is 0.363. The summed E-state index contributed by atoms with van der Waals surface area (Å²) in [6, 6.07) is 11.3. The number of rotatable bonds is 12. The molecular formula is C23H27ClN8O3. The minimum absolute atomic E-state index is 0.0529. The second kappa shape index (κ2) is 12.2. The van der Waals surface area contributed by atoms with E-state index in [0.717, 1.165) is 5.56 Å². The maximum Gasteiger partial charge on any atom is 0.240 e. The Labute approximate surface area is 208 Å². The molecule has 0 radical (unpaired) electrons. The first-order chi connectivity index (χ1) is 16.8. The number of ether oxygens (including phenoxy) is 2. The average molecular weight is 499 g/mol. The van der Waals surface area contributed by atoms with E-state index >= 15 is 0 Å². The van der Waals surface area contributed by atoms with Crippen LogP contribution in [0.15, 0.2) is 48.7 Å². The van der Waals surface area contributed by atoms with E-state index in [9.17, 15) is 4.79 Å². The van der Waals surface area contributed by atoms with Gasteiger partial charge in [-0.3, -0.25) is 4.79 Å². The smallest absolute Gasteiger partial charge is 0.240 e. The molecule has 1 aromatic carbocycles. The van der Waals surface area contributed by atoms with Crippen molar-refractivity contribution in [2.75, 3.05) is 19.8 Å². The van der Waals surface area contributed by atoms with Crippen LogP contribution in [0.1, 0.15) is 37.3 Å². The molecule has 3 aromatic rings. The lowest BCUT2D eigenvalue weighted by Crippen LogP contribution is -2.51. The summed E-state index contributed by atoms with van der Waals surface area (Å²) in [5, 5.41) is 15.4. The number of aromatic nitrogens is 5. The van der Waals surface area contributed by atoms with Gasteiger partial charge in [-0.15, -0.1) is 5.10 Å². The molecule has 0 unspecified atom stereocenters. The summed E-state index contributed by atoms with van der Waals surface area (Å²) < 4.78 is 13.1. The molecule has 0 aliphatic carbocycles. The highest BCUT2D eigenvalue weighted by atomic mass is 35.5. The summed E-state index contributed by atoms with van der Waals surface area (Å²) in [5.41, 5.74) is 5.72. The predicted molar refractivity (Wildman–Crippen MR) is 128 cm³/mol. The Morgan fingerprint density at radius 2 is 2.11 bits per heavy atom. The fourth-order valence-electron chi connectivity index (χ4n) is 3.06. The van der Waals surface area contributed by atoms with Crippen molar-refractivity contribution in [2.45, 2.75) is 38.1 Å². The molecule has 3 rings (SSSR count). The third-order valence-corrected chi connectivity index (χ3v) is 5.11. The van der Waals surface area contributed by atoms with Crippen molar-refractivity contribution in [3.8, 4) is 5.88 Å². The van der Waals surface area contributed by atoms with Crippen molar-refractivity contribution >= 4 is 17.5 Å². The van der Waals surface area contributed by atoms with Crippen molar-refractivity contribution < 1.29 is 14.3 Å². The minimum Gasteiger partial charge on any atom is -0.475 e. The molecule has 1 amide bonds. The lowest BCUT2D eigenvalue weighted by molar-refractivity contribution is -0.126. The van der Waals surface area contributed by atoms with E-state index in [1.165, 1.54) is 4.68 Å². The number of hydrogen-bond acceptors (Lipinski definition) is 8. The van der Waals surface area contributed by atoms with E-state index in [1.807, 2.05) is 12.1 Å². The van der Waals surface area contributed by atoms with Gasteiger partial charge in [0.25, 0.3) is 0 Å². The topological polar surface area (TPSA) is 134 Å². The lowest BCUT2D eigenvalue weighted by Gasteiger charge is -2.24. The number of nitrogens with zero attached hydrogens (tertiary/aromatic N) is 6. The first-order valence-electron chi connectivity index (χ1n) is 10.8. The van der Waals surface area contributed by atoms with Gasteiger partial charge in [-0.25, -0.2) is 16.2 Å². The lowest BCUT2D eigenvalue weighted by atomic mass is 10.1. The zero-order valence-electron chi connectivity index (χ0n) is 19.5. The molecule has 184 valence electrons. The van der Waals surface area contributed by atoms with Gasteiger partial charge in [0.15, 0.2) is 11.9 Å².